The third-order valence-corrected chi connectivity index (χ3v) is 5.95. The van der Waals surface area contributed by atoms with Crippen LogP contribution >= 0.6 is 0 Å². The first-order valence-corrected chi connectivity index (χ1v) is 6.60. The average Bonchev–Trinajstić information content (AvgIpc) is 2.64. The molecule has 0 radical (unpaired) electrons. The fourth-order valence-electron chi connectivity index (χ4n) is 4.17. The molecule has 94 valence electrons. The summed E-state index contributed by atoms with van der Waals surface area (Å²) in [7, 11) is 4.25. The second kappa shape index (κ2) is 3.46. The molecule has 2 aliphatic carbocycles. The summed E-state index contributed by atoms with van der Waals surface area (Å²) < 4.78 is 0. The zero-order valence-electron chi connectivity index (χ0n) is 11.5. The van der Waals surface area contributed by atoms with Crippen molar-refractivity contribution in [2.75, 3.05) is 20.6 Å². The van der Waals surface area contributed by atoms with Gasteiger partial charge in [-0.25, -0.2) is 0 Å². The van der Waals surface area contributed by atoms with Gasteiger partial charge in [-0.15, -0.1) is 0 Å². The molecule has 0 heterocycles. The van der Waals surface area contributed by atoms with E-state index in [9.17, 15) is 5.11 Å². The van der Waals surface area contributed by atoms with E-state index in [0.29, 0.717) is 0 Å². The van der Waals surface area contributed by atoms with Crippen molar-refractivity contribution < 1.29 is 5.11 Å². The van der Waals surface area contributed by atoms with Gasteiger partial charge in [0.1, 0.15) is 0 Å². The minimum absolute atomic E-state index is 0.0948. The van der Waals surface area contributed by atoms with Gasteiger partial charge < -0.3 is 10.0 Å². The van der Waals surface area contributed by atoms with E-state index in [2.05, 4.69) is 39.8 Å². The molecule has 0 aromatic carbocycles. The molecular formula is C14H27NO. The largest absolute Gasteiger partial charge is 0.389 e. The molecule has 1 N–H and O–H groups in total. The molecule has 2 nitrogen and oxygen atoms in total. The van der Waals surface area contributed by atoms with Crippen molar-refractivity contribution in [3.8, 4) is 0 Å². The Morgan fingerprint density at radius 3 is 2.31 bits per heavy atom. The topological polar surface area (TPSA) is 23.5 Å². The standard InChI is InChI=1S/C14H27NO/c1-12(2)11-6-7-14(10-11,13(12,3)16)8-9-15(4)5/h11,16H,6-10H2,1-5H3/t11-,13-,14-/m0/s1. The van der Waals surface area contributed by atoms with Crippen molar-refractivity contribution in [1.82, 2.24) is 4.90 Å². The van der Waals surface area contributed by atoms with Gasteiger partial charge in [0.05, 0.1) is 5.60 Å². The third kappa shape index (κ3) is 1.39. The molecule has 2 saturated carbocycles. The van der Waals surface area contributed by atoms with Crippen LogP contribution in [0.2, 0.25) is 0 Å². The maximum absolute atomic E-state index is 11.0. The van der Waals surface area contributed by atoms with Crippen LogP contribution in [-0.4, -0.2) is 36.2 Å². The molecule has 2 heteroatoms. The molecule has 2 aliphatic rings. The van der Waals surface area contributed by atoms with Gasteiger partial charge in [0.25, 0.3) is 0 Å². The average molecular weight is 225 g/mol. The highest BCUT2D eigenvalue weighted by atomic mass is 16.3. The van der Waals surface area contributed by atoms with Crippen molar-refractivity contribution in [2.24, 2.45) is 16.7 Å². The lowest BCUT2D eigenvalue weighted by Crippen LogP contribution is -2.53. The lowest BCUT2D eigenvalue weighted by atomic mass is 9.59. The van der Waals surface area contributed by atoms with Gasteiger partial charge in [-0.05, 0) is 64.6 Å². The zero-order chi connectivity index (χ0) is 12.2. The highest BCUT2D eigenvalue weighted by Crippen LogP contribution is 2.69. The van der Waals surface area contributed by atoms with Crippen molar-refractivity contribution in [2.45, 2.75) is 52.1 Å². The quantitative estimate of drug-likeness (QED) is 0.798. The molecule has 2 rings (SSSR count). The number of fused-ring (bicyclic) bond motifs is 2. The van der Waals surface area contributed by atoms with Crippen molar-refractivity contribution in [1.29, 1.82) is 0 Å². The van der Waals surface area contributed by atoms with Gasteiger partial charge in [0.2, 0.25) is 0 Å². The van der Waals surface area contributed by atoms with Crippen LogP contribution < -0.4 is 0 Å². The van der Waals surface area contributed by atoms with Crippen LogP contribution in [0.3, 0.4) is 0 Å². The molecule has 0 aliphatic heterocycles. The van der Waals surface area contributed by atoms with E-state index < -0.39 is 5.60 Å². The lowest BCUT2D eigenvalue weighted by molar-refractivity contribution is -0.138. The van der Waals surface area contributed by atoms with E-state index in [1.807, 2.05) is 0 Å². The van der Waals surface area contributed by atoms with Gasteiger partial charge in [0, 0.05) is 5.41 Å². The Morgan fingerprint density at radius 2 is 1.88 bits per heavy atom. The Morgan fingerprint density at radius 1 is 1.25 bits per heavy atom. The van der Waals surface area contributed by atoms with Gasteiger partial charge in [-0.1, -0.05) is 13.8 Å². The van der Waals surface area contributed by atoms with Crippen molar-refractivity contribution in [3.05, 3.63) is 0 Å². The van der Waals surface area contributed by atoms with E-state index >= 15 is 0 Å². The van der Waals surface area contributed by atoms with Gasteiger partial charge in [-0.2, -0.15) is 0 Å². The Labute approximate surface area is 100 Å². The molecule has 2 bridgehead atoms. The summed E-state index contributed by atoms with van der Waals surface area (Å²) in [5.41, 5.74) is -0.206. The van der Waals surface area contributed by atoms with E-state index in [4.69, 9.17) is 0 Å². The highest BCUT2D eigenvalue weighted by Gasteiger charge is 2.67. The van der Waals surface area contributed by atoms with Gasteiger partial charge in [-0.3, -0.25) is 0 Å². The molecule has 3 atom stereocenters. The van der Waals surface area contributed by atoms with Crippen LogP contribution in [0.15, 0.2) is 0 Å². The first kappa shape index (κ1) is 12.4. The minimum atomic E-state index is -0.487. The van der Waals surface area contributed by atoms with Gasteiger partial charge >= 0.3 is 0 Å². The molecule has 2 fully saturated rings. The fourth-order valence-corrected chi connectivity index (χ4v) is 4.17. The second-order valence-corrected chi connectivity index (χ2v) is 7.07. The number of aliphatic hydroxyl groups is 1. The Balaban J connectivity index is 2.21. The molecule has 0 aromatic rings. The highest BCUT2D eigenvalue weighted by molar-refractivity contribution is 5.17. The normalized spacial score (nSPS) is 45.6. The number of hydrogen-bond acceptors (Lipinski definition) is 2. The van der Waals surface area contributed by atoms with Crippen LogP contribution in [-0.2, 0) is 0 Å². The van der Waals surface area contributed by atoms with E-state index in [-0.39, 0.29) is 10.8 Å². The maximum atomic E-state index is 11.0. The second-order valence-electron chi connectivity index (χ2n) is 7.07. The minimum Gasteiger partial charge on any atom is -0.389 e. The first-order valence-electron chi connectivity index (χ1n) is 6.60. The molecule has 0 spiro atoms. The number of nitrogens with zero attached hydrogens (tertiary/aromatic N) is 1. The number of hydrogen-bond donors (Lipinski definition) is 1. The monoisotopic (exact) mass is 225 g/mol. The molecule has 0 unspecified atom stereocenters. The number of rotatable bonds is 3. The van der Waals surface area contributed by atoms with E-state index in [1.165, 1.54) is 19.3 Å². The molecule has 0 saturated heterocycles. The third-order valence-electron chi connectivity index (χ3n) is 5.95. The zero-order valence-corrected chi connectivity index (χ0v) is 11.5. The molecule has 16 heavy (non-hydrogen) atoms. The summed E-state index contributed by atoms with van der Waals surface area (Å²) in [5, 5.41) is 11.0. The van der Waals surface area contributed by atoms with Crippen LogP contribution in [0.4, 0.5) is 0 Å². The summed E-state index contributed by atoms with van der Waals surface area (Å²) >= 11 is 0. The molecule has 0 amide bonds. The predicted molar refractivity (Wildman–Crippen MR) is 67.3 cm³/mol. The summed E-state index contributed by atoms with van der Waals surface area (Å²) in [4.78, 5) is 2.24. The van der Waals surface area contributed by atoms with Crippen LogP contribution in [0.1, 0.15) is 46.5 Å². The Hall–Kier alpha value is -0.0800. The predicted octanol–water partition coefficient (Wildman–Crippen LogP) is 2.52. The fraction of sp³-hybridized carbons (Fsp3) is 1.00. The van der Waals surface area contributed by atoms with E-state index in [0.717, 1.165) is 18.9 Å². The smallest absolute Gasteiger partial charge is 0.0729 e. The summed E-state index contributed by atoms with van der Waals surface area (Å²) in [6.07, 6.45) is 4.92. The maximum Gasteiger partial charge on any atom is 0.0729 e. The van der Waals surface area contributed by atoms with Crippen molar-refractivity contribution >= 4 is 0 Å². The SMILES string of the molecule is CN(C)CC[C@@]12CC[C@@H](C1)C(C)(C)[C@]2(C)O. The van der Waals surface area contributed by atoms with E-state index in [1.54, 1.807) is 0 Å². The Kier molecular flexibility index (Phi) is 2.67. The Bertz CT molecular complexity index is 282. The van der Waals surface area contributed by atoms with Crippen LogP contribution in [0.25, 0.3) is 0 Å². The summed E-state index contributed by atoms with van der Waals surface area (Å²) in [6.45, 7) is 7.70. The van der Waals surface area contributed by atoms with Crippen LogP contribution in [0, 0.1) is 16.7 Å². The molecular weight excluding hydrogens is 198 g/mol. The van der Waals surface area contributed by atoms with Crippen molar-refractivity contribution in [3.63, 3.8) is 0 Å². The lowest BCUT2D eigenvalue weighted by Gasteiger charge is -2.50. The summed E-state index contributed by atoms with van der Waals surface area (Å²) in [6, 6.07) is 0. The molecule has 0 aromatic heterocycles. The first-order chi connectivity index (χ1) is 7.23. The summed E-state index contributed by atoms with van der Waals surface area (Å²) in [5.74, 6) is 0.727. The van der Waals surface area contributed by atoms with Crippen LogP contribution in [0.5, 0.6) is 0 Å². The van der Waals surface area contributed by atoms with Gasteiger partial charge in [0.15, 0.2) is 0 Å².